The summed E-state index contributed by atoms with van der Waals surface area (Å²) < 4.78 is 31.9. The van der Waals surface area contributed by atoms with Gasteiger partial charge in [-0.1, -0.05) is 261 Å². The average molecular weight is 1360 g/mol. The highest BCUT2D eigenvalue weighted by atomic mass is 16.6. The summed E-state index contributed by atoms with van der Waals surface area (Å²) in [4.78, 5) is 67.5. The van der Waals surface area contributed by atoms with Crippen LogP contribution in [0.25, 0.3) is 0 Å². The molecule has 6 aliphatic rings. The van der Waals surface area contributed by atoms with Crippen molar-refractivity contribution in [1.29, 1.82) is 0 Å². The Balaban J connectivity index is 0.000000584. The van der Waals surface area contributed by atoms with Gasteiger partial charge < -0.3 is 28.4 Å². The predicted molar refractivity (Wildman–Crippen MR) is 402 cm³/mol. The minimum atomic E-state index is -0.310. The van der Waals surface area contributed by atoms with Gasteiger partial charge in [0.2, 0.25) is 0 Å². The molecule has 0 bridgehead atoms. The average Bonchev–Trinajstić information content (AvgIpc) is 1.73. The van der Waals surface area contributed by atoms with Crippen molar-refractivity contribution in [3.05, 3.63) is 74.4 Å². The normalized spacial score (nSPS) is 22.0. The largest absolute Gasteiger partial charge is 0.462 e. The molecule has 0 N–H and O–H groups in total. The molecule has 0 heterocycles. The van der Waals surface area contributed by atoms with E-state index in [4.69, 9.17) is 28.4 Å². The van der Waals surface area contributed by atoms with Crippen LogP contribution in [0.1, 0.15) is 358 Å². The van der Waals surface area contributed by atoms with Crippen molar-refractivity contribution in [3.8, 4) is 0 Å². The molecule has 0 atom stereocenters. The zero-order valence-electron chi connectivity index (χ0n) is 63.9. The monoisotopic (exact) mass is 1360 g/mol. The van der Waals surface area contributed by atoms with Gasteiger partial charge in [0, 0.05) is 34.9 Å². The summed E-state index contributed by atoms with van der Waals surface area (Å²) in [6, 6.07) is 0. The molecule has 12 heteroatoms. The number of carbonyl (C=O) groups is 6. The van der Waals surface area contributed by atoms with Crippen LogP contribution in [0.15, 0.2) is 74.4 Å². The molecule has 558 valence electrons. The first-order chi connectivity index (χ1) is 46.3. The van der Waals surface area contributed by atoms with Gasteiger partial charge in [-0.2, -0.15) is 0 Å². The number of hydrogen-bond donors (Lipinski definition) is 0. The second-order valence-corrected chi connectivity index (χ2v) is 31.5. The smallest absolute Gasteiger partial charge is 0.333 e. The number of esters is 6. The molecule has 6 aliphatic carbocycles. The van der Waals surface area contributed by atoms with Crippen molar-refractivity contribution in [2.75, 3.05) is 13.2 Å². The third kappa shape index (κ3) is 51.1. The van der Waals surface area contributed by atoms with Crippen molar-refractivity contribution in [1.82, 2.24) is 0 Å². The van der Waals surface area contributed by atoms with E-state index in [1.165, 1.54) is 249 Å². The fourth-order valence-electron chi connectivity index (χ4n) is 13.9. The first-order valence-electron chi connectivity index (χ1n) is 39.3. The van der Waals surface area contributed by atoms with E-state index in [9.17, 15) is 28.8 Å². The van der Waals surface area contributed by atoms with Crippen molar-refractivity contribution >= 4 is 35.8 Å². The molecule has 97 heavy (non-hydrogen) atoms. The summed E-state index contributed by atoms with van der Waals surface area (Å²) in [5.74, 6) is 1.85. The first-order valence-corrected chi connectivity index (χ1v) is 39.3. The van der Waals surface area contributed by atoms with Gasteiger partial charge >= 0.3 is 35.8 Å². The minimum absolute atomic E-state index is 0.0797. The van der Waals surface area contributed by atoms with Crippen LogP contribution < -0.4 is 0 Å². The Morgan fingerprint density at radius 1 is 0.309 bits per heavy atom. The standard InChI is InChI=1S/2C16H28O2.2C15H26O2.C12H20O2.C11H18O2/c1-12(2)15(17)18-11-16(4,5)10-14-8-6-13(3)7-9-14;1-14(2)16(17)18-15-12-10-8-6-4-3-5-7-9-11-13-15;1-5-14(16)17-11-15(3,4)10-13-8-6-12(2)7-9-13;1-2-15(16)17-14-12-10-8-6-4-3-5-7-9-11-13-14;1-10(2)12(13)14-11-8-6-4-3-5-7-9-11;1-2-11(12)13-10-8-6-4-3-5-7-9-10/h13-14H,1,6-11H2,2-5H3;15H,1,3-13H2,2H3;5,12-13H,1,6-11H2,2-4H3;2,14H,1,3-13H2;11H,1,3-9H2,2H3;2,10H,1,3-9H2. The van der Waals surface area contributed by atoms with Crippen LogP contribution in [0.4, 0.5) is 0 Å². The summed E-state index contributed by atoms with van der Waals surface area (Å²) in [6.07, 6.45) is 61.6. The van der Waals surface area contributed by atoms with Gasteiger partial charge in [-0.3, -0.25) is 0 Å². The van der Waals surface area contributed by atoms with E-state index in [1.807, 2.05) is 0 Å². The van der Waals surface area contributed by atoms with E-state index in [0.29, 0.717) is 29.9 Å². The Hall–Kier alpha value is -4.74. The van der Waals surface area contributed by atoms with E-state index >= 15 is 0 Å². The van der Waals surface area contributed by atoms with Crippen LogP contribution in [0.5, 0.6) is 0 Å². The Morgan fingerprint density at radius 3 is 0.753 bits per heavy atom. The number of ether oxygens (including phenoxy) is 6. The SMILES string of the molecule is C=C(C)C(=O)OC1CCCCCCC1.C=C(C)C(=O)OC1CCCCCCCCCCC1.C=C(C)C(=O)OCC(C)(C)CC1CCC(C)CC1.C=CC(=O)OC1CCCCCCC1.C=CC(=O)OC1CCCCCCCCCCC1.C=CC(=O)OCC(C)(C)CC1CCC(C)CC1. The molecule has 0 aromatic heterocycles. The molecule has 6 rings (SSSR count). The Bertz CT molecular complexity index is 2170. The Kier molecular flexibility index (Phi) is 52.1. The highest BCUT2D eigenvalue weighted by Crippen LogP contribution is 2.38. The van der Waals surface area contributed by atoms with Crippen molar-refractivity contribution in [2.24, 2.45) is 34.5 Å². The third-order valence-corrected chi connectivity index (χ3v) is 20.0. The van der Waals surface area contributed by atoms with Crippen molar-refractivity contribution in [2.45, 2.75) is 382 Å². The lowest BCUT2D eigenvalue weighted by atomic mass is 9.74. The Labute approximate surface area is 594 Å². The molecule has 0 unspecified atom stereocenters. The number of hydrogen-bond acceptors (Lipinski definition) is 12. The summed E-state index contributed by atoms with van der Waals surface area (Å²) >= 11 is 0. The highest BCUT2D eigenvalue weighted by Gasteiger charge is 2.30. The molecule has 0 saturated heterocycles. The van der Waals surface area contributed by atoms with Crippen LogP contribution >= 0.6 is 0 Å². The van der Waals surface area contributed by atoms with Gasteiger partial charge in [-0.25, -0.2) is 28.8 Å². The molecular formula is C85H146O12. The van der Waals surface area contributed by atoms with Crippen LogP contribution in [-0.4, -0.2) is 73.4 Å². The highest BCUT2D eigenvalue weighted by molar-refractivity contribution is 5.88. The quantitative estimate of drug-likeness (QED) is 0.0728. The molecule has 6 fully saturated rings. The molecule has 0 radical (unpaired) electrons. The maximum absolute atomic E-state index is 11.6. The van der Waals surface area contributed by atoms with Gasteiger partial charge in [0.15, 0.2) is 0 Å². The molecule has 0 aromatic rings. The maximum Gasteiger partial charge on any atom is 0.333 e. The first kappa shape index (κ1) is 90.3. The van der Waals surface area contributed by atoms with Crippen molar-refractivity contribution in [3.63, 3.8) is 0 Å². The van der Waals surface area contributed by atoms with E-state index in [2.05, 4.69) is 81.0 Å². The fourth-order valence-corrected chi connectivity index (χ4v) is 13.9. The van der Waals surface area contributed by atoms with Crippen LogP contribution in [0, 0.1) is 34.5 Å². The zero-order chi connectivity index (χ0) is 72.1. The van der Waals surface area contributed by atoms with Crippen LogP contribution in [0.3, 0.4) is 0 Å². The summed E-state index contributed by atoms with van der Waals surface area (Å²) in [5.41, 5.74) is 1.67. The molecule has 6 saturated carbocycles. The Morgan fingerprint density at radius 2 is 0.526 bits per heavy atom. The molecule has 0 spiro atoms. The second-order valence-electron chi connectivity index (χ2n) is 31.5. The number of carbonyl (C=O) groups excluding carboxylic acids is 6. The molecule has 0 amide bonds. The van der Waals surface area contributed by atoms with E-state index in [0.717, 1.165) is 87.9 Å². The minimum Gasteiger partial charge on any atom is -0.462 e. The third-order valence-electron chi connectivity index (χ3n) is 20.0. The van der Waals surface area contributed by atoms with Gasteiger partial charge in [-0.05, 0) is 171 Å². The van der Waals surface area contributed by atoms with E-state index < -0.39 is 0 Å². The zero-order valence-corrected chi connectivity index (χ0v) is 63.9. The lowest BCUT2D eigenvalue weighted by molar-refractivity contribution is -0.146. The van der Waals surface area contributed by atoms with E-state index in [1.54, 1.807) is 20.8 Å². The predicted octanol–water partition coefficient (Wildman–Crippen LogP) is 23.5. The lowest BCUT2D eigenvalue weighted by Gasteiger charge is -2.33. The number of rotatable bonds is 18. The molecule has 0 aliphatic heterocycles. The second kappa shape index (κ2) is 56.0. The van der Waals surface area contributed by atoms with E-state index in [-0.39, 0.29) is 71.1 Å². The molecule has 0 aromatic carbocycles. The molecule has 12 nitrogen and oxygen atoms in total. The summed E-state index contributed by atoms with van der Waals surface area (Å²) in [7, 11) is 0. The molecular weight excluding hydrogens is 1210 g/mol. The van der Waals surface area contributed by atoms with Gasteiger partial charge in [-0.15, -0.1) is 0 Å². The van der Waals surface area contributed by atoms with Crippen molar-refractivity contribution < 1.29 is 57.2 Å². The topological polar surface area (TPSA) is 158 Å². The summed E-state index contributed by atoms with van der Waals surface area (Å²) in [6.45, 7) is 40.7. The van der Waals surface area contributed by atoms with Crippen LogP contribution in [0.2, 0.25) is 0 Å². The van der Waals surface area contributed by atoms with Gasteiger partial charge in [0.25, 0.3) is 0 Å². The summed E-state index contributed by atoms with van der Waals surface area (Å²) in [5, 5.41) is 0. The van der Waals surface area contributed by atoms with Gasteiger partial charge in [0.05, 0.1) is 13.2 Å². The van der Waals surface area contributed by atoms with Gasteiger partial charge in [0.1, 0.15) is 24.4 Å². The lowest BCUT2D eigenvalue weighted by Crippen LogP contribution is -2.26. The fraction of sp³-hybridized carbons (Fsp3) is 0.788. The maximum atomic E-state index is 11.6. The van der Waals surface area contributed by atoms with Crippen LogP contribution in [-0.2, 0) is 57.2 Å².